The lowest BCUT2D eigenvalue weighted by Crippen LogP contribution is -2.42. The maximum Gasteiger partial charge on any atom is 0.326 e. The molecule has 0 aliphatic rings. The van der Waals surface area contributed by atoms with Gasteiger partial charge in [0.15, 0.2) is 5.69 Å². The fraction of sp³-hybridized carbons (Fsp3) is 0.412. The van der Waals surface area contributed by atoms with Crippen molar-refractivity contribution in [1.82, 2.24) is 20.3 Å². The second-order valence-electron chi connectivity index (χ2n) is 6.41. The summed E-state index contributed by atoms with van der Waals surface area (Å²) in [6.07, 6.45) is 0.273. The topological polar surface area (TPSA) is 97.1 Å². The van der Waals surface area contributed by atoms with Gasteiger partial charge >= 0.3 is 5.97 Å². The number of carboxylic acids is 1. The van der Waals surface area contributed by atoms with E-state index in [9.17, 15) is 23.5 Å². The van der Waals surface area contributed by atoms with Gasteiger partial charge in [-0.2, -0.15) is 0 Å². The third kappa shape index (κ3) is 4.62. The van der Waals surface area contributed by atoms with Crippen LogP contribution in [-0.4, -0.2) is 38.0 Å². The molecule has 0 saturated heterocycles. The zero-order valence-electron chi connectivity index (χ0n) is 14.7. The van der Waals surface area contributed by atoms with Crippen LogP contribution >= 0.6 is 0 Å². The van der Waals surface area contributed by atoms with Gasteiger partial charge in [-0.1, -0.05) is 25.1 Å². The number of carbonyl (C=O) groups is 2. The van der Waals surface area contributed by atoms with Crippen molar-refractivity contribution in [3.05, 3.63) is 46.8 Å². The SMILES string of the molecule is Cc1c(C(=O)N[C@@H](CC(C)C)C(=O)O)nnn1Cc1ccc(F)cc1F. The molecular formula is C17H20F2N4O3. The van der Waals surface area contributed by atoms with E-state index in [0.717, 1.165) is 12.1 Å². The molecule has 0 radical (unpaired) electrons. The largest absolute Gasteiger partial charge is 0.480 e. The molecule has 0 saturated carbocycles. The summed E-state index contributed by atoms with van der Waals surface area (Å²) in [5.41, 5.74) is 0.497. The van der Waals surface area contributed by atoms with E-state index < -0.39 is 29.6 Å². The van der Waals surface area contributed by atoms with Crippen LogP contribution in [-0.2, 0) is 11.3 Å². The standard InChI is InChI=1S/C17H20F2N4O3/c1-9(2)6-14(17(25)26)20-16(24)15-10(3)23(22-21-15)8-11-4-5-12(18)7-13(11)19/h4-5,7,9,14H,6,8H2,1-3H3,(H,20,24)(H,25,26)/t14-/m0/s1. The molecule has 9 heteroatoms. The average Bonchev–Trinajstić information content (AvgIpc) is 2.90. The number of carbonyl (C=O) groups excluding carboxylic acids is 1. The van der Waals surface area contributed by atoms with E-state index in [-0.39, 0.29) is 30.1 Å². The Hall–Kier alpha value is -2.84. The summed E-state index contributed by atoms with van der Waals surface area (Å²) in [5, 5.41) is 19.2. The minimum absolute atomic E-state index is 0.0351. The highest BCUT2D eigenvalue weighted by molar-refractivity contribution is 5.95. The number of halogens is 2. The Kier molecular flexibility index (Phi) is 6.01. The molecule has 0 aliphatic carbocycles. The molecule has 0 fully saturated rings. The smallest absolute Gasteiger partial charge is 0.326 e. The maximum atomic E-state index is 13.8. The van der Waals surface area contributed by atoms with Gasteiger partial charge in [0.25, 0.3) is 5.91 Å². The molecule has 0 unspecified atom stereocenters. The van der Waals surface area contributed by atoms with Crippen molar-refractivity contribution >= 4 is 11.9 Å². The van der Waals surface area contributed by atoms with Crippen LogP contribution in [0.4, 0.5) is 8.78 Å². The van der Waals surface area contributed by atoms with Crippen LogP contribution in [0, 0.1) is 24.5 Å². The van der Waals surface area contributed by atoms with Gasteiger partial charge in [0.1, 0.15) is 17.7 Å². The molecule has 1 heterocycles. The van der Waals surface area contributed by atoms with Gasteiger partial charge in [0.05, 0.1) is 12.2 Å². The van der Waals surface area contributed by atoms with E-state index in [4.69, 9.17) is 0 Å². The van der Waals surface area contributed by atoms with Crippen molar-refractivity contribution in [2.24, 2.45) is 5.92 Å². The van der Waals surface area contributed by atoms with Gasteiger partial charge in [-0.3, -0.25) is 4.79 Å². The van der Waals surface area contributed by atoms with Crippen molar-refractivity contribution < 1.29 is 23.5 Å². The van der Waals surface area contributed by atoms with Gasteiger partial charge in [0.2, 0.25) is 0 Å². The molecule has 0 bridgehead atoms. The molecule has 1 aromatic heterocycles. The van der Waals surface area contributed by atoms with Gasteiger partial charge in [0, 0.05) is 11.6 Å². The fourth-order valence-electron chi connectivity index (χ4n) is 2.45. The lowest BCUT2D eigenvalue weighted by molar-refractivity contribution is -0.139. The summed E-state index contributed by atoms with van der Waals surface area (Å²) in [5.74, 6) is -3.14. The Morgan fingerprint density at radius 2 is 2.00 bits per heavy atom. The summed E-state index contributed by atoms with van der Waals surface area (Å²) >= 11 is 0. The highest BCUT2D eigenvalue weighted by Gasteiger charge is 2.25. The van der Waals surface area contributed by atoms with E-state index in [1.807, 2.05) is 13.8 Å². The van der Waals surface area contributed by atoms with E-state index >= 15 is 0 Å². The van der Waals surface area contributed by atoms with Crippen molar-refractivity contribution in [2.75, 3.05) is 0 Å². The Balaban J connectivity index is 2.16. The molecule has 140 valence electrons. The molecule has 1 amide bonds. The summed E-state index contributed by atoms with van der Waals surface area (Å²) < 4.78 is 28.0. The number of hydrogen-bond donors (Lipinski definition) is 2. The van der Waals surface area contributed by atoms with Crippen LogP contribution < -0.4 is 5.32 Å². The number of aliphatic carboxylic acids is 1. The zero-order chi connectivity index (χ0) is 19.4. The van der Waals surface area contributed by atoms with Crippen molar-refractivity contribution in [2.45, 2.75) is 39.8 Å². The van der Waals surface area contributed by atoms with Gasteiger partial charge in [-0.05, 0) is 25.3 Å². The van der Waals surface area contributed by atoms with Crippen molar-refractivity contribution in [3.63, 3.8) is 0 Å². The van der Waals surface area contributed by atoms with Gasteiger partial charge in [-0.15, -0.1) is 5.10 Å². The summed E-state index contributed by atoms with van der Waals surface area (Å²) in [7, 11) is 0. The highest BCUT2D eigenvalue weighted by Crippen LogP contribution is 2.13. The molecule has 7 nitrogen and oxygen atoms in total. The first kappa shape index (κ1) is 19.5. The maximum absolute atomic E-state index is 13.8. The normalized spacial score (nSPS) is 12.2. The van der Waals surface area contributed by atoms with Crippen molar-refractivity contribution in [1.29, 1.82) is 0 Å². The fourth-order valence-corrected chi connectivity index (χ4v) is 2.45. The molecule has 0 aliphatic heterocycles. The monoisotopic (exact) mass is 366 g/mol. The van der Waals surface area contributed by atoms with Crippen LogP contribution in [0.1, 0.15) is 42.0 Å². The second kappa shape index (κ2) is 8.03. The number of nitrogens with zero attached hydrogens (tertiary/aromatic N) is 3. The van der Waals surface area contributed by atoms with E-state index in [1.165, 1.54) is 10.7 Å². The molecular weight excluding hydrogens is 346 g/mol. The zero-order valence-corrected chi connectivity index (χ0v) is 14.7. The van der Waals surface area contributed by atoms with E-state index in [0.29, 0.717) is 5.69 Å². The number of amides is 1. The Morgan fingerprint density at radius 1 is 1.31 bits per heavy atom. The first-order valence-electron chi connectivity index (χ1n) is 8.06. The summed E-state index contributed by atoms with van der Waals surface area (Å²) in [6.45, 7) is 5.23. The number of aromatic nitrogens is 3. The number of benzene rings is 1. The Morgan fingerprint density at radius 3 is 2.58 bits per heavy atom. The molecule has 2 N–H and O–H groups in total. The van der Waals surface area contributed by atoms with E-state index in [1.54, 1.807) is 6.92 Å². The quantitative estimate of drug-likeness (QED) is 0.783. The highest BCUT2D eigenvalue weighted by atomic mass is 19.1. The number of carboxylic acid groups (broad SMARTS) is 1. The Bertz CT molecular complexity index is 820. The Labute approximate surface area is 149 Å². The average molecular weight is 366 g/mol. The van der Waals surface area contributed by atoms with Gasteiger partial charge in [-0.25, -0.2) is 18.3 Å². The number of hydrogen-bond acceptors (Lipinski definition) is 4. The molecule has 1 atom stereocenters. The predicted molar refractivity (Wildman–Crippen MR) is 88.6 cm³/mol. The first-order valence-corrected chi connectivity index (χ1v) is 8.06. The van der Waals surface area contributed by atoms with E-state index in [2.05, 4.69) is 15.6 Å². The van der Waals surface area contributed by atoms with Gasteiger partial charge < -0.3 is 10.4 Å². The first-order chi connectivity index (χ1) is 12.2. The van der Waals surface area contributed by atoms with Crippen LogP contribution in [0.3, 0.4) is 0 Å². The lowest BCUT2D eigenvalue weighted by atomic mass is 10.0. The number of nitrogens with one attached hydrogen (secondary N) is 1. The molecule has 2 rings (SSSR count). The van der Waals surface area contributed by atoms with Crippen LogP contribution in [0.2, 0.25) is 0 Å². The minimum atomic E-state index is -1.13. The third-order valence-electron chi connectivity index (χ3n) is 3.84. The van der Waals surface area contributed by atoms with Crippen LogP contribution in [0.15, 0.2) is 18.2 Å². The van der Waals surface area contributed by atoms with Crippen molar-refractivity contribution in [3.8, 4) is 0 Å². The number of rotatable bonds is 7. The van der Waals surface area contributed by atoms with Crippen LogP contribution in [0.5, 0.6) is 0 Å². The molecule has 0 spiro atoms. The molecule has 2 aromatic rings. The summed E-state index contributed by atoms with van der Waals surface area (Å²) in [4.78, 5) is 23.6. The summed E-state index contributed by atoms with van der Waals surface area (Å²) in [6, 6.07) is 2.14. The van der Waals surface area contributed by atoms with Crippen LogP contribution in [0.25, 0.3) is 0 Å². The lowest BCUT2D eigenvalue weighted by Gasteiger charge is -2.15. The predicted octanol–water partition coefficient (Wildman–Crippen LogP) is 2.14. The molecule has 1 aromatic carbocycles. The third-order valence-corrected chi connectivity index (χ3v) is 3.84. The molecule has 26 heavy (non-hydrogen) atoms. The minimum Gasteiger partial charge on any atom is -0.480 e. The second-order valence-corrected chi connectivity index (χ2v) is 6.41.